The third-order valence-corrected chi connectivity index (χ3v) is 10.2. The highest BCUT2D eigenvalue weighted by atomic mass is 79.9. The van der Waals surface area contributed by atoms with Crippen LogP contribution in [0.3, 0.4) is 0 Å². The van der Waals surface area contributed by atoms with Crippen molar-refractivity contribution in [3.05, 3.63) is 147 Å². The maximum absolute atomic E-state index is 13.4. The first-order chi connectivity index (χ1) is 26.3. The number of methoxy groups -OCH3 is 1. The number of Topliss-reactive ketones (excluding diaryl/α,β-unsaturated/α-hetero) is 2. The Hall–Kier alpha value is -4.48. The Morgan fingerprint density at radius 1 is 0.630 bits per heavy atom. The lowest BCUT2D eigenvalue weighted by Crippen LogP contribution is -2.29. The lowest BCUT2D eigenvalue weighted by Gasteiger charge is -2.35. The van der Waals surface area contributed by atoms with Crippen LogP contribution in [0, 0.1) is 0 Å². The van der Waals surface area contributed by atoms with E-state index >= 15 is 0 Å². The summed E-state index contributed by atoms with van der Waals surface area (Å²) in [5.74, 6) is 0.254. The van der Waals surface area contributed by atoms with Gasteiger partial charge in [0.2, 0.25) is 0 Å². The van der Waals surface area contributed by atoms with Crippen molar-refractivity contribution in [2.24, 2.45) is 0 Å². The molecule has 5 aromatic rings. The topological polar surface area (TPSA) is 101 Å². The molecular weight excluding hydrogens is 748 g/mol. The molecule has 0 bridgehead atoms. The summed E-state index contributed by atoms with van der Waals surface area (Å²) < 4.78 is 29.0. The van der Waals surface area contributed by atoms with Gasteiger partial charge in [-0.15, -0.1) is 0 Å². The molecule has 0 saturated carbocycles. The molecule has 1 atom stereocenters. The number of benzene rings is 5. The molecule has 1 aliphatic rings. The molecule has 0 radical (unpaired) electrons. The van der Waals surface area contributed by atoms with E-state index in [0.29, 0.717) is 49.9 Å². The van der Waals surface area contributed by atoms with E-state index < -0.39 is 5.41 Å². The molecule has 6 rings (SSSR count). The maximum atomic E-state index is 13.4. The second kappa shape index (κ2) is 18.2. The molecule has 0 spiro atoms. The van der Waals surface area contributed by atoms with Gasteiger partial charge in [0.05, 0.1) is 63.8 Å². The minimum atomic E-state index is -0.938. The average Bonchev–Trinajstić information content (AvgIpc) is 3.47. The van der Waals surface area contributed by atoms with Gasteiger partial charge in [-0.25, -0.2) is 0 Å². The molecule has 9 heteroatoms. The number of hydrogen-bond donors (Lipinski definition) is 1. The number of aliphatic hydroxyl groups excluding tert-OH is 1. The molecule has 8 nitrogen and oxygen atoms in total. The Labute approximate surface area is 325 Å². The van der Waals surface area contributed by atoms with Crippen LogP contribution in [0.2, 0.25) is 0 Å². The zero-order valence-electron chi connectivity index (χ0n) is 30.9. The van der Waals surface area contributed by atoms with E-state index in [4.69, 9.17) is 28.8 Å². The van der Waals surface area contributed by atoms with Gasteiger partial charge in [-0.1, -0.05) is 82.7 Å². The second-order valence-corrected chi connectivity index (χ2v) is 14.0. The molecule has 0 fully saturated rings. The Bertz CT molecular complexity index is 2020. The van der Waals surface area contributed by atoms with E-state index in [1.807, 2.05) is 54.6 Å². The Morgan fingerprint density at radius 3 is 1.98 bits per heavy atom. The van der Waals surface area contributed by atoms with Crippen molar-refractivity contribution in [1.29, 1.82) is 0 Å². The van der Waals surface area contributed by atoms with Crippen LogP contribution in [0.1, 0.15) is 62.4 Å². The Morgan fingerprint density at radius 2 is 1.26 bits per heavy atom. The van der Waals surface area contributed by atoms with Crippen LogP contribution < -0.4 is 4.74 Å². The summed E-state index contributed by atoms with van der Waals surface area (Å²) in [5.41, 5.74) is 8.86. The van der Waals surface area contributed by atoms with Crippen molar-refractivity contribution in [1.82, 2.24) is 0 Å². The number of carbonyl (C=O) groups is 2. The van der Waals surface area contributed by atoms with E-state index in [2.05, 4.69) is 64.5 Å². The number of aliphatic hydroxyl groups is 1. The van der Waals surface area contributed by atoms with Crippen LogP contribution in [0.15, 0.2) is 108 Å². The highest BCUT2D eigenvalue weighted by Crippen LogP contribution is 2.58. The van der Waals surface area contributed by atoms with Crippen LogP contribution in [0.4, 0.5) is 0 Å². The van der Waals surface area contributed by atoms with Crippen molar-refractivity contribution < 1.29 is 38.4 Å². The minimum Gasteiger partial charge on any atom is -0.490 e. The highest BCUT2D eigenvalue weighted by Gasteiger charge is 2.47. The molecule has 0 saturated heterocycles. The van der Waals surface area contributed by atoms with Crippen LogP contribution in [-0.4, -0.2) is 76.6 Å². The number of ether oxygens (including phenoxy) is 5. The predicted octanol–water partition coefficient (Wildman–Crippen LogP) is 8.45. The molecule has 0 aliphatic heterocycles. The number of fused-ring (bicyclic) bond motifs is 3. The number of halogens is 1. The van der Waals surface area contributed by atoms with Crippen molar-refractivity contribution in [2.45, 2.75) is 25.9 Å². The van der Waals surface area contributed by atoms with Gasteiger partial charge in [-0.2, -0.15) is 0 Å². The molecule has 1 N–H and O–H groups in total. The first kappa shape index (κ1) is 39.2. The van der Waals surface area contributed by atoms with Crippen molar-refractivity contribution >= 4 is 27.5 Å². The first-order valence-electron chi connectivity index (χ1n) is 18.1. The monoisotopic (exact) mass is 792 g/mol. The van der Waals surface area contributed by atoms with Crippen molar-refractivity contribution in [3.8, 4) is 28.0 Å². The molecule has 0 amide bonds. The smallest absolute Gasteiger partial charge is 0.163 e. The van der Waals surface area contributed by atoms with Crippen LogP contribution in [-0.2, 0) is 31.0 Å². The standard InChI is InChI=1S/C45H45BrO8/c1-30(48)40-26-35(11-9-34(40)29-53-22-21-51-18-17-47)45(36-12-16-44(41(27-36)31(2)49)54-24-23-52-20-19-50-3)42-25-33(32-7-5-4-6-8-32)10-14-38(42)39-15-13-37(46)28-43(39)45/h4-16,25-28,47H,17-24,29H2,1-3H3. The fraction of sp³-hybridized carbons (Fsp3) is 0.289. The van der Waals surface area contributed by atoms with Crippen molar-refractivity contribution in [2.75, 3.05) is 60.0 Å². The van der Waals surface area contributed by atoms with E-state index in [-0.39, 0.29) is 38.0 Å². The number of hydrogen-bond acceptors (Lipinski definition) is 8. The molecule has 1 aliphatic carbocycles. The third-order valence-electron chi connectivity index (χ3n) is 9.70. The summed E-state index contributed by atoms with van der Waals surface area (Å²) in [7, 11) is 1.62. The Kier molecular flexibility index (Phi) is 13.2. The van der Waals surface area contributed by atoms with Gasteiger partial charge in [-0.05, 0) is 100 Å². The van der Waals surface area contributed by atoms with Gasteiger partial charge < -0.3 is 28.8 Å². The van der Waals surface area contributed by atoms with E-state index in [9.17, 15) is 9.59 Å². The van der Waals surface area contributed by atoms with Gasteiger partial charge in [0.15, 0.2) is 11.6 Å². The van der Waals surface area contributed by atoms with Crippen LogP contribution >= 0.6 is 15.9 Å². The van der Waals surface area contributed by atoms with E-state index in [1.165, 1.54) is 0 Å². The van der Waals surface area contributed by atoms with Gasteiger partial charge in [0.1, 0.15) is 12.4 Å². The molecule has 0 heterocycles. The number of carbonyl (C=O) groups excluding carboxylic acids is 2. The lowest BCUT2D eigenvalue weighted by molar-refractivity contribution is 0.0272. The fourth-order valence-corrected chi connectivity index (χ4v) is 7.60. The minimum absolute atomic E-state index is 0.0543. The number of ketones is 2. The molecular formula is C45H45BrO8. The summed E-state index contributed by atoms with van der Waals surface area (Å²) in [5, 5.41) is 9.01. The molecule has 54 heavy (non-hydrogen) atoms. The zero-order chi connectivity index (χ0) is 38.1. The first-order valence-corrected chi connectivity index (χ1v) is 18.8. The van der Waals surface area contributed by atoms with Crippen LogP contribution in [0.25, 0.3) is 22.3 Å². The SMILES string of the molecule is COCCOCCOc1ccc(C2(c3ccc(COCCOCCO)c(C(C)=O)c3)c3cc(Br)ccc3-c3ccc(-c4ccccc4)cc32)cc1C(C)=O. The van der Waals surface area contributed by atoms with E-state index in [0.717, 1.165) is 54.5 Å². The van der Waals surface area contributed by atoms with Gasteiger partial charge in [0, 0.05) is 17.1 Å². The molecule has 0 aromatic heterocycles. The fourth-order valence-electron chi connectivity index (χ4n) is 7.24. The molecule has 1 unspecified atom stereocenters. The lowest BCUT2D eigenvalue weighted by atomic mass is 9.66. The summed E-state index contributed by atoms with van der Waals surface area (Å²) in [6.45, 7) is 5.74. The second-order valence-electron chi connectivity index (χ2n) is 13.1. The maximum Gasteiger partial charge on any atom is 0.163 e. The van der Waals surface area contributed by atoms with E-state index in [1.54, 1.807) is 21.0 Å². The zero-order valence-corrected chi connectivity index (χ0v) is 32.4. The summed E-state index contributed by atoms with van der Waals surface area (Å²) >= 11 is 3.77. The van der Waals surface area contributed by atoms with Gasteiger partial charge in [-0.3, -0.25) is 9.59 Å². The summed E-state index contributed by atoms with van der Waals surface area (Å²) in [6.07, 6.45) is 0. The Balaban J connectivity index is 1.55. The molecule has 280 valence electrons. The van der Waals surface area contributed by atoms with Crippen molar-refractivity contribution in [3.63, 3.8) is 0 Å². The highest BCUT2D eigenvalue weighted by molar-refractivity contribution is 9.10. The van der Waals surface area contributed by atoms with Crippen LogP contribution in [0.5, 0.6) is 5.75 Å². The average molecular weight is 794 g/mol. The summed E-state index contributed by atoms with van der Waals surface area (Å²) in [4.78, 5) is 26.8. The third kappa shape index (κ3) is 8.27. The normalized spacial score (nSPS) is 14.5. The van der Waals surface area contributed by atoms with Gasteiger partial charge in [0.25, 0.3) is 0 Å². The summed E-state index contributed by atoms with van der Waals surface area (Å²) in [6, 6.07) is 35.0. The largest absolute Gasteiger partial charge is 0.490 e. The quantitative estimate of drug-likeness (QED) is 0.0645. The molecule has 5 aromatic carbocycles. The predicted molar refractivity (Wildman–Crippen MR) is 213 cm³/mol. The number of rotatable bonds is 19. The van der Waals surface area contributed by atoms with Gasteiger partial charge >= 0.3 is 0 Å².